The van der Waals surface area contributed by atoms with Gasteiger partial charge in [-0.2, -0.15) is 0 Å². The molecule has 0 bridgehead atoms. The molecule has 0 heterocycles. The molecule has 0 aromatic rings. The highest BCUT2D eigenvalue weighted by Gasteiger charge is 2.26. The third-order valence-electron chi connectivity index (χ3n) is 3.01. The summed E-state index contributed by atoms with van der Waals surface area (Å²) in [6, 6.07) is 0. The van der Waals surface area contributed by atoms with E-state index in [4.69, 9.17) is 0 Å². The average Bonchev–Trinajstić information content (AvgIpc) is 2.02. The maximum atomic E-state index is 2.44. The normalized spacial score (nSPS) is 24.6. The van der Waals surface area contributed by atoms with Crippen LogP contribution in [0.5, 0.6) is 0 Å². The third kappa shape index (κ3) is 2.46. The lowest BCUT2D eigenvalue weighted by atomic mass is 9.73. The molecule has 0 nitrogen and oxygen atoms in total. The van der Waals surface area contributed by atoms with Gasteiger partial charge in [0.2, 0.25) is 0 Å². The molecule has 1 aliphatic rings. The van der Waals surface area contributed by atoms with Crippen molar-refractivity contribution in [3.05, 3.63) is 23.3 Å². The molecule has 0 spiro atoms. The van der Waals surface area contributed by atoms with E-state index in [2.05, 4.69) is 39.8 Å². The SMILES string of the molecule is CCC/C=C1\C(C)=CCCC1(C)C. The second-order valence-electron chi connectivity index (χ2n) is 4.72. The van der Waals surface area contributed by atoms with Crippen molar-refractivity contribution < 1.29 is 0 Å². The van der Waals surface area contributed by atoms with Crippen molar-refractivity contribution in [1.82, 2.24) is 0 Å². The molecule has 13 heavy (non-hydrogen) atoms. The van der Waals surface area contributed by atoms with E-state index in [0.29, 0.717) is 5.41 Å². The quantitative estimate of drug-likeness (QED) is 0.585. The first-order chi connectivity index (χ1) is 6.08. The van der Waals surface area contributed by atoms with Crippen LogP contribution >= 0.6 is 0 Å². The van der Waals surface area contributed by atoms with Crippen molar-refractivity contribution in [3.63, 3.8) is 0 Å². The van der Waals surface area contributed by atoms with Crippen molar-refractivity contribution in [2.24, 2.45) is 5.41 Å². The van der Waals surface area contributed by atoms with Crippen LogP contribution in [0.25, 0.3) is 0 Å². The molecule has 0 N–H and O–H groups in total. The largest absolute Gasteiger partial charge is 0.0813 e. The molecule has 74 valence electrons. The third-order valence-corrected chi connectivity index (χ3v) is 3.01. The van der Waals surface area contributed by atoms with E-state index in [1.807, 2.05) is 0 Å². The zero-order valence-corrected chi connectivity index (χ0v) is 9.48. The van der Waals surface area contributed by atoms with Gasteiger partial charge in [0, 0.05) is 0 Å². The summed E-state index contributed by atoms with van der Waals surface area (Å²) in [6.45, 7) is 9.23. The molecule has 1 rings (SSSR count). The van der Waals surface area contributed by atoms with Gasteiger partial charge in [0.1, 0.15) is 0 Å². The van der Waals surface area contributed by atoms with Crippen molar-refractivity contribution in [2.75, 3.05) is 0 Å². The first-order valence-electron chi connectivity index (χ1n) is 5.45. The summed E-state index contributed by atoms with van der Waals surface area (Å²) in [5.41, 5.74) is 3.50. The Morgan fingerprint density at radius 1 is 1.46 bits per heavy atom. The molecule has 0 heteroatoms. The van der Waals surface area contributed by atoms with Gasteiger partial charge in [-0.05, 0) is 37.2 Å². The van der Waals surface area contributed by atoms with Gasteiger partial charge in [-0.3, -0.25) is 0 Å². The lowest BCUT2D eigenvalue weighted by molar-refractivity contribution is 0.402. The van der Waals surface area contributed by atoms with Crippen LogP contribution in [-0.2, 0) is 0 Å². The summed E-state index contributed by atoms with van der Waals surface area (Å²) < 4.78 is 0. The Bertz CT molecular complexity index is 228. The van der Waals surface area contributed by atoms with Crippen LogP contribution in [-0.4, -0.2) is 0 Å². The van der Waals surface area contributed by atoms with E-state index in [1.54, 1.807) is 5.57 Å². The molecule has 0 aliphatic heterocycles. The van der Waals surface area contributed by atoms with Crippen LogP contribution < -0.4 is 0 Å². The number of hydrogen-bond donors (Lipinski definition) is 0. The van der Waals surface area contributed by atoms with Gasteiger partial charge in [-0.25, -0.2) is 0 Å². The van der Waals surface area contributed by atoms with Crippen molar-refractivity contribution in [1.29, 1.82) is 0 Å². The Balaban J connectivity index is 2.87. The lowest BCUT2D eigenvalue weighted by Gasteiger charge is -2.32. The smallest absolute Gasteiger partial charge is 0.0101 e. The molecule has 0 aromatic carbocycles. The fourth-order valence-electron chi connectivity index (χ4n) is 2.15. The molecular weight excluding hydrogens is 156 g/mol. The van der Waals surface area contributed by atoms with Crippen molar-refractivity contribution in [2.45, 2.75) is 53.4 Å². The maximum absolute atomic E-state index is 2.44. The Hall–Kier alpha value is -0.520. The minimum Gasteiger partial charge on any atom is -0.0813 e. The number of rotatable bonds is 2. The maximum Gasteiger partial charge on any atom is -0.0101 e. The summed E-state index contributed by atoms with van der Waals surface area (Å²) >= 11 is 0. The van der Waals surface area contributed by atoms with E-state index < -0.39 is 0 Å². The van der Waals surface area contributed by atoms with Crippen LogP contribution in [0.2, 0.25) is 0 Å². The van der Waals surface area contributed by atoms with Crippen molar-refractivity contribution >= 4 is 0 Å². The molecule has 0 atom stereocenters. The molecule has 0 amide bonds. The first-order valence-corrected chi connectivity index (χ1v) is 5.45. The monoisotopic (exact) mass is 178 g/mol. The van der Waals surface area contributed by atoms with E-state index in [0.717, 1.165) is 0 Å². The van der Waals surface area contributed by atoms with Crippen LogP contribution in [0.3, 0.4) is 0 Å². The molecule has 1 aliphatic carbocycles. The number of unbranched alkanes of at least 4 members (excludes halogenated alkanes) is 1. The van der Waals surface area contributed by atoms with Gasteiger partial charge < -0.3 is 0 Å². The lowest BCUT2D eigenvalue weighted by Crippen LogP contribution is -2.18. The molecule has 0 unspecified atom stereocenters. The van der Waals surface area contributed by atoms with E-state index in [-0.39, 0.29) is 0 Å². The van der Waals surface area contributed by atoms with E-state index >= 15 is 0 Å². The molecule has 0 radical (unpaired) electrons. The fourth-order valence-corrected chi connectivity index (χ4v) is 2.15. The molecule has 0 aromatic heterocycles. The summed E-state index contributed by atoms with van der Waals surface area (Å²) in [5, 5.41) is 0. The molecule has 0 fully saturated rings. The number of hydrogen-bond acceptors (Lipinski definition) is 0. The second-order valence-corrected chi connectivity index (χ2v) is 4.72. The van der Waals surface area contributed by atoms with Gasteiger partial charge in [0.25, 0.3) is 0 Å². The zero-order chi connectivity index (χ0) is 9.90. The topological polar surface area (TPSA) is 0 Å². The van der Waals surface area contributed by atoms with E-state index in [1.165, 1.54) is 31.3 Å². The number of allylic oxidation sites excluding steroid dienone is 4. The first kappa shape index (κ1) is 10.6. The Kier molecular flexibility index (Phi) is 3.35. The molecular formula is C13H22. The molecule has 0 saturated carbocycles. The van der Waals surface area contributed by atoms with Gasteiger partial charge in [0.15, 0.2) is 0 Å². The summed E-state index contributed by atoms with van der Waals surface area (Å²) in [4.78, 5) is 0. The fraction of sp³-hybridized carbons (Fsp3) is 0.692. The Labute approximate surface area is 82.7 Å². The van der Waals surface area contributed by atoms with Gasteiger partial charge >= 0.3 is 0 Å². The highest BCUT2D eigenvalue weighted by Crippen LogP contribution is 2.40. The minimum absolute atomic E-state index is 0.411. The van der Waals surface area contributed by atoms with Crippen molar-refractivity contribution in [3.8, 4) is 0 Å². The Morgan fingerprint density at radius 3 is 2.69 bits per heavy atom. The highest BCUT2D eigenvalue weighted by atomic mass is 14.3. The van der Waals surface area contributed by atoms with E-state index in [9.17, 15) is 0 Å². The van der Waals surface area contributed by atoms with Gasteiger partial charge in [0.05, 0.1) is 0 Å². The standard InChI is InChI=1S/C13H22/c1-5-6-9-12-11(2)8-7-10-13(12,3)4/h8-9H,5-7,10H2,1-4H3/b12-9+. The van der Waals surface area contributed by atoms with Crippen LogP contribution in [0, 0.1) is 5.41 Å². The van der Waals surface area contributed by atoms with Gasteiger partial charge in [-0.1, -0.05) is 44.9 Å². The summed E-state index contributed by atoms with van der Waals surface area (Å²) in [6.07, 6.45) is 9.86. The zero-order valence-electron chi connectivity index (χ0n) is 9.48. The predicted octanol–water partition coefficient (Wildman–Crippen LogP) is 4.48. The van der Waals surface area contributed by atoms with Gasteiger partial charge in [-0.15, -0.1) is 0 Å². The van der Waals surface area contributed by atoms with Crippen LogP contribution in [0.15, 0.2) is 23.3 Å². The van der Waals surface area contributed by atoms with Crippen LogP contribution in [0.4, 0.5) is 0 Å². The molecule has 0 saturated heterocycles. The Morgan fingerprint density at radius 2 is 2.15 bits per heavy atom. The van der Waals surface area contributed by atoms with Crippen LogP contribution in [0.1, 0.15) is 53.4 Å². The second kappa shape index (κ2) is 4.13. The predicted molar refractivity (Wildman–Crippen MR) is 59.8 cm³/mol. The highest BCUT2D eigenvalue weighted by molar-refractivity contribution is 5.36. The summed E-state index contributed by atoms with van der Waals surface area (Å²) in [7, 11) is 0. The summed E-state index contributed by atoms with van der Waals surface area (Å²) in [5.74, 6) is 0. The average molecular weight is 178 g/mol. The minimum atomic E-state index is 0.411.